The van der Waals surface area contributed by atoms with Gasteiger partial charge in [-0.1, -0.05) is 36.3 Å². The molecule has 9 heteroatoms. The third kappa shape index (κ3) is 12.5. The SMILES string of the molecule is CCCOCC(COCCOC)OCC(COCc1ccc(N=[N+]=[N-])cc1)OC. The van der Waals surface area contributed by atoms with Gasteiger partial charge in [0, 0.05) is 31.4 Å². The van der Waals surface area contributed by atoms with Gasteiger partial charge < -0.3 is 28.4 Å². The first kappa shape index (κ1) is 25.3. The predicted molar refractivity (Wildman–Crippen MR) is 109 cm³/mol. The van der Waals surface area contributed by atoms with Crippen LogP contribution in [0.25, 0.3) is 10.4 Å². The Balaban J connectivity index is 2.35. The van der Waals surface area contributed by atoms with Gasteiger partial charge in [0.05, 0.1) is 46.2 Å². The van der Waals surface area contributed by atoms with E-state index in [2.05, 4.69) is 16.9 Å². The molecule has 0 aliphatic heterocycles. The Morgan fingerprint density at radius 2 is 1.59 bits per heavy atom. The summed E-state index contributed by atoms with van der Waals surface area (Å²) in [6.45, 7) is 5.90. The highest BCUT2D eigenvalue weighted by molar-refractivity contribution is 5.38. The minimum absolute atomic E-state index is 0.177. The van der Waals surface area contributed by atoms with Crippen LogP contribution in [0.5, 0.6) is 0 Å². The van der Waals surface area contributed by atoms with Crippen LogP contribution in [-0.2, 0) is 35.0 Å². The van der Waals surface area contributed by atoms with Gasteiger partial charge in [-0.25, -0.2) is 0 Å². The van der Waals surface area contributed by atoms with Crippen molar-refractivity contribution in [2.45, 2.75) is 32.2 Å². The first-order valence-electron chi connectivity index (χ1n) is 9.74. The first-order chi connectivity index (χ1) is 14.2. The largest absolute Gasteiger partial charge is 0.382 e. The molecule has 1 aromatic rings. The smallest absolute Gasteiger partial charge is 0.104 e. The van der Waals surface area contributed by atoms with Crippen LogP contribution in [0.2, 0.25) is 0 Å². The summed E-state index contributed by atoms with van der Waals surface area (Å²) >= 11 is 0. The monoisotopic (exact) mass is 411 g/mol. The lowest BCUT2D eigenvalue weighted by Gasteiger charge is -2.22. The van der Waals surface area contributed by atoms with Gasteiger partial charge in [-0.2, -0.15) is 0 Å². The molecule has 9 nitrogen and oxygen atoms in total. The summed E-state index contributed by atoms with van der Waals surface area (Å²) in [5.41, 5.74) is 9.98. The molecule has 0 N–H and O–H groups in total. The minimum Gasteiger partial charge on any atom is -0.382 e. The Morgan fingerprint density at radius 3 is 2.21 bits per heavy atom. The van der Waals surface area contributed by atoms with Crippen LogP contribution in [0.4, 0.5) is 5.69 Å². The predicted octanol–water partition coefficient (Wildman–Crippen LogP) is 3.63. The molecule has 2 atom stereocenters. The van der Waals surface area contributed by atoms with Gasteiger partial charge in [0.15, 0.2) is 0 Å². The third-order valence-corrected chi connectivity index (χ3v) is 3.91. The molecule has 29 heavy (non-hydrogen) atoms. The Labute approximate surface area is 172 Å². The maximum atomic E-state index is 8.43. The van der Waals surface area contributed by atoms with Crippen LogP contribution >= 0.6 is 0 Å². The number of methoxy groups -OCH3 is 2. The zero-order chi connectivity index (χ0) is 21.2. The van der Waals surface area contributed by atoms with Gasteiger partial charge in [0.2, 0.25) is 0 Å². The summed E-state index contributed by atoms with van der Waals surface area (Å²) in [4.78, 5) is 2.76. The lowest BCUT2D eigenvalue weighted by molar-refractivity contribution is -0.104. The van der Waals surface area contributed by atoms with E-state index in [0.29, 0.717) is 58.5 Å². The lowest BCUT2D eigenvalue weighted by atomic mass is 10.2. The van der Waals surface area contributed by atoms with E-state index in [4.69, 9.17) is 34.0 Å². The third-order valence-electron chi connectivity index (χ3n) is 3.91. The molecular weight excluding hydrogens is 378 g/mol. The van der Waals surface area contributed by atoms with Crippen molar-refractivity contribution in [1.29, 1.82) is 0 Å². The minimum atomic E-state index is -0.204. The molecule has 0 fully saturated rings. The molecule has 0 saturated carbocycles. The first-order valence-corrected chi connectivity index (χ1v) is 9.74. The Kier molecular flexibility index (Phi) is 15.0. The number of hydrogen-bond donors (Lipinski definition) is 0. The van der Waals surface area contributed by atoms with Crippen molar-refractivity contribution in [3.8, 4) is 0 Å². The second-order valence-corrected chi connectivity index (χ2v) is 6.33. The van der Waals surface area contributed by atoms with Crippen LogP contribution in [0.1, 0.15) is 18.9 Å². The zero-order valence-electron chi connectivity index (χ0n) is 17.6. The molecule has 2 unspecified atom stereocenters. The summed E-state index contributed by atoms with van der Waals surface area (Å²) in [5, 5.41) is 3.54. The Hall–Kier alpha value is -1.71. The maximum absolute atomic E-state index is 8.43. The van der Waals surface area contributed by atoms with E-state index in [1.807, 2.05) is 12.1 Å². The van der Waals surface area contributed by atoms with Crippen LogP contribution in [0.15, 0.2) is 29.4 Å². The van der Waals surface area contributed by atoms with E-state index in [1.165, 1.54) is 0 Å². The number of benzene rings is 1. The fourth-order valence-electron chi connectivity index (χ4n) is 2.31. The van der Waals surface area contributed by atoms with E-state index in [1.54, 1.807) is 26.4 Å². The number of ether oxygens (including phenoxy) is 6. The van der Waals surface area contributed by atoms with Crippen molar-refractivity contribution in [2.75, 3.05) is 60.5 Å². The zero-order valence-corrected chi connectivity index (χ0v) is 17.6. The summed E-state index contributed by atoms with van der Waals surface area (Å²) in [6.07, 6.45) is 0.574. The molecule has 0 spiro atoms. The van der Waals surface area contributed by atoms with Crippen molar-refractivity contribution in [2.24, 2.45) is 5.11 Å². The fourth-order valence-corrected chi connectivity index (χ4v) is 2.31. The Bertz CT molecular complexity index is 566. The molecule has 0 bridgehead atoms. The van der Waals surface area contributed by atoms with E-state index in [9.17, 15) is 0 Å². The van der Waals surface area contributed by atoms with Crippen molar-refractivity contribution in [3.63, 3.8) is 0 Å². The van der Waals surface area contributed by atoms with E-state index >= 15 is 0 Å². The molecule has 0 heterocycles. The number of azide groups is 1. The highest BCUT2D eigenvalue weighted by atomic mass is 16.6. The van der Waals surface area contributed by atoms with Crippen molar-refractivity contribution < 1.29 is 28.4 Å². The highest BCUT2D eigenvalue weighted by Gasteiger charge is 2.15. The molecule has 0 aromatic heterocycles. The van der Waals surface area contributed by atoms with E-state index in [-0.39, 0.29) is 12.2 Å². The highest BCUT2D eigenvalue weighted by Crippen LogP contribution is 2.14. The van der Waals surface area contributed by atoms with Crippen molar-refractivity contribution in [3.05, 3.63) is 40.3 Å². The van der Waals surface area contributed by atoms with Crippen LogP contribution in [0, 0.1) is 0 Å². The molecule has 0 saturated heterocycles. The summed E-state index contributed by atoms with van der Waals surface area (Å²) in [6, 6.07) is 7.22. The average molecular weight is 411 g/mol. The van der Waals surface area contributed by atoms with Crippen LogP contribution in [0.3, 0.4) is 0 Å². The molecule has 0 radical (unpaired) electrons. The number of hydrogen-bond acceptors (Lipinski definition) is 7. The summed E-state index contributed by atoms with van der Waals surface area (Å²) in [5.74, 6) is 0. The lowest BCUT2D eigenvalue weighted by Crippen LogP contribution is -2.32. The number of rotatable bonds is 18. The molecule has 0 aliphatic carbocycles. The standard InChI is InChI=1S/C20H33N3O6/c1-4-9-26-14-20(15-27-11-10-24-2)29-16-19(25-3)13-28-12-17-5-7-18(8-6-17)22-23-21/h5-8,19-20H,4,9-16H2,1-3H3. The second-order valence-electron chi connectivity index (χ2n) is 6.33. The fraction of sp³-hybridized carbons (Fsp3) is 0.700. The van der Waals surface area contributed by atoms with Gasteiger partial charge in [0.1, 0.15) is 12.2 Å². The molecular formula is C20H33N3O6. The Morgan fingerprint density at radius 1 is 0.897 bits per heavy atom. The van der Waals surface area contributed by atoms with E-state index < -0.39 is 0 Å². The molecule has 164 valence electrons. The molecule has 0 aliphatic rings. The molecule has 1 aromatic carbocycles. The van der Waals surface area contributed by atoms with Gasteiger partial charge in [0.25, 0.3) is 0 Å². The maximum Gasteiger partial charge on any atom is 0.104 e. The van der Waals surface area contributed by atoms with Crippen molar-refractivity contribution >= 4 is 5.69 Å². The van der Waals surface area contributed by atoms with Gasteiger partial charge in [-0.15, -0.1) is 0 Å². The van der Waals surface area contributed by atoms with Gasteiger partial charge in [-0.05, 0) is 17.5 Å². The van der Waals surface area contributed by atoms with Crippen molar-refractivity contribution in [1.82, 2.24) is 0 Å². The molecule has 0 amide bonds. The second kappa shape index (κ2) is 17.2. The quantitative estimate of drug-likeness (QED) is 0.158. The van der Waals surface area contributed by atoms with E-state index in [0.717, 1.165) is 12.0 Å². The topological polar surface area (TPSA) is 104 Å². The van der Waals surface area contributed by atoms with Crippen LogP contribution < -0.4 is 0 Å². The van der Waals surface area contributed by atoms with Gasteiger partial charge >= 0.3 is 0 Å². The number of nitrogens with zero attached hydrogens (tertiary/aromatic N) is 3. The molecule has 1 rings (SSSR count). The summed E-state index contributed by atoms with van der Waals surface area (Å²) < 4.78 is 33.3. The normalized spacial score (nSPS) is 13.1. The van der Waals surface area contributed by atoms with Crippen LogP contribution in [-0.4, -0.2) is 72.7 Å². The average Bonchev–Trinajstić information content (AvgIpc) is 2.74. The summed E-state index contributed by atoms with van der Waals surface area (Å²) in [7, 11) is 3.27. The van der Waals surface area contributed by atoms with Gasteiger partial charge in [-0.3, -0.25) is 0 Å².